The van der Waals surface area contributed by atoms with Crippen molar-refractivity contribution in [2.45, 2.75) is 6.23 Å². The van der Waals surface area contributed by atoms with Crippen LogP contribution in [0.4, 0.5) is 0 Å². The molecule has 1 fully saturated rings. The molecular formula is C10H12NO3+. The van der Waals surface area contributed by atoms with E-state index in [-0.39, 0.29) is 6.61 Å². The van der Waals surface area contributed by atoms with E-state index in [1.807, 2.05) is 30.3 Å². The fraction of sp³-hybridized carbons (Fsp3) is 0.400. The highest BCUT2D eigenvalue weighted by atomic mass is 16.6. The third kappa shape index (κ3) is 2.09. The number of nitroso groups, excluding NO2 is 1. The molecule has 2 rings (SSSR count). The normalized spacial score (nSPS) is 21.1. The third-order valence-corrected chi connectivity index (χ3v) is 2.08. The number of hydrogen-bond donors (Lipinski definition) is 0. The van der Waals surface area contributed by atoms with Crippen LogP contribution in [0.1, 0.15) is 0 Å². The topological polar surface area (TPSA) is 38.5 Å². The van der Waals surface area contributed by atoms with Crippen LogP contribution in [-0.2, 0) is 4.74 Å². The lowest BCUT2D eigenvalue weighted by Gasteiger charge is -2.05. The molecule has 1 saturated heterocycles. The van der Waals surface area contributed by atoms with Crippen LogP contribution in [-0.4, -0.2) is 30.7 Å². The third-order valence-electron chi connectivity index (χ3n) is 2.08. The second kappa shape index (κ2) is 4.19. The first-order valence-electron chi connectivity index (χ1n) is 4.59. The van der Waals surface area contributed by atoms with Crippen LogP contribution in [0.2, 0.25) is 0 Å². The fourth-order valence-electron chi connectivity index (χ4n) is 1.32. The van der Waals surface area contributed by atoms with Gasteiger partial charge >= 0.3 is 6.23 Å². The number of nitrogens with zero attached hydrogens (tertiary/aromatic N) is 1. The molecule has 0 amide bonds. The first-order chi connectivity index (χ1) is 6.86. The van der Waals surface area contributed by atoms with Crippen molar-refractivity contribution in [2.24, 2.45) is 0 Å². The number of hydrogen-bond acceptors (Lipinski definition) is 3. The molecule has 1 unspecified atom stereocenters. The largest absolute Gasteiger partial charge is 0.484 e. The molecule has 4 nitrogen and oxygen atoms in total. The Morgan fingerprint density at radius 3 is 2.86 bits per heavy atom. The summed E-state index contributed by atoms with van der Waals surface area (Å²) in [7, 11) is 0. The molecule has 74 valence electrons. The molecule has 0 N–H and O–H groups in total. The molecule has 1 atom stereocenters. The lowest BCUT2D eigenvalue weighted by molar-refractivity contribution is -0.590. The van der Waals surface area contributed by atoms with Gasteiger partial charge in [0, 0.05) is 9.67 Å². The monoisotopic (exact) mass is 194 g/mol. The van der Waals surface area contributed by atoms with Gasteiger partial charge < -0.3 is 9.47 Å². The molecule has 1 aromatic carbocycles. The molecule has 0 aliphatic carbocycles. The van der Waals surface area contributed by atoms with Gasteiger partial charge in [-0.25, -0.2) is 0 Å². The van der Waals surface area contributed by atoms with Crippen molar-refractivity contribution in [1.82, 2.24) is 0 Å². The average Bonchev–Trinajstić information content (AvgIpc) is 2.63. The van der Waals surface area contributed by atoms with Gasteiger partial charge in [-0.1, -0.05) is 18.2 Å². The maximum absolute atomic E-state index is 11.1. The van der Waals surface area contributed by atoms with Crippen LogP contribution in [0.15, 0.2) is 30.3 Å². The number of ether oxygens (including phenoxy) is 2. The summed E-state index contributed by atoms with van der Waals surface area (Å²) in [5.74, 6) is 0.761. The minimum Gasteiger partial charge on any atom is -0.484 e. The summed E-state index contributed by atoms with van der Waals surface area (Å²) in [5, 5.41) is 0. The molecule has 1 heterocycles. The van der Waals surface area contributed by atoms with Gasteiger partial charge in [-0.15, -0.1) is 0 Å². The highest BCUT2D eigenvalue weighted by Crippen LogP contribution is 2.10. The zero-order chi connectivity index (χ0) is 9.80. The summed E-state index contributed by atoms with van der Waals surface area (Å²) in [6.45, 7) is 1.21. The molecule has 0 saturated carbocycles. The van der Waals surface area contributed by atoms with E-state index >= 15 is 0 Å². The Labute approximate surface area is 82.0 Å². The molecule has 0 spiro atoms. The summed E-state index contributed by atoms with van der Waals surface area (Å²) < 4.78 is 11.5. The molecule has 0 radical (unpaired) electrons. The van der Waals surface area contributed by atoms with E-state index < -0.39 is 6.23 Å². The van der Waals surface area contributed by atoms with E-state index in [1.54, 1.807) is 0 Å². The zero-order valence-electron chi connectivity index (χ0n) is 7.76. The van der Waals surface area contributed by atoms with Crippen LogP contribution in [0, 0.1) is 4.91 Å². The second-order valence-electron chi connectivity index (χ2n) is 3.09. The fourth-order valence-corrected chi connectivity index (χ4v) is 1.32. The Bertz CT molecular complexity index is 312. The minimum atomic E-state index is -0.449. The van der Waals surface area contributed by atoms with Gasteiger partial charge in [0.1, 0.15) is 12.4 Å². The van der Waals surface area contributed by atoms with Crippen molar-refractivity contribution in [3.05, 3.63) is 35.2 Å². The van der Waals surface area contributed by atoms with Gasteiger partial charge in [0.05, 0.1) is 0 Å². The Hall–Kier alpha value is -1.42. The lowest BCUT2D eigenvalue weighted by Crippen LogP contribution is -2.25. The van der Waals surface area contributed by atoms with Crippen LogP contribution in [0.25, 0.3) is 0 Å². The average molecular weight is 194 g/mol. The van der Waals surface area contributed by atoms with Gasteiger partial charge in [-0.3, -0.25) is 0 Å². The highest BCUT2D eigenvalue weighted by Gasteiger charge is 2.33. The van der Waals surface area contributed by atoms with Crippen molar-refractivity contribution in [3.8, 4) is 5.75 Å². The van der Waals surface area contributed by atoms with Crippen molar-refractivity contribution >= 4 is 0 Å². The van der Waals surface area contributed by atoms with Gasteiger partial charge in [0.25, 0.3) is 0 Å². The smallest absolute Gasteiger partial charge is 0.339 e. The van der Waals surface area contributed by atoms with E-state index in [0.29, 0.717) is 13.2 Å². The van der Waals surface area contributed by atoms with Gasteiger partial charge in [-0.2, -0.15) is 0 Å². The Morgan fingerprint density at radius 1 is 1.43 bits per heavy atom. The molecule has 1 aliphatic heterocycles. The quantitative estimate of drug-likeness (QED) is 0.678. The van der Waals surface area contributed by atoms with Gasteiger partial charge in [-0.05, 0) is 12.1 Å². The van der Waals surface area contributed by atoms with Crippen molar-refractivity contribution in [2.75, 3.05) is 19.8 Å². The number of rotatable bonds is 3. The maximum atomic E-state index is 11.1. The molecule has 4 heteroatoms. The Morgan fingerprint density at radius 2 is 2.21 bits per heavy atom. The Kier molecular flexibility index (Phi) is 2.74. The number of benzene rings is 1. The summed E-state index contributed by atoms with van der Waals surface area (Å²) in [6, 6.07) is 9.40. The van der Waals surface area contributed by atoms with E-state index in [2.05, 4.69) is 0 Å². The van der Waals surface area contributed by atoms with E-state index in [0.717, 1.165) is 10.5 Å². The Balaban J connectivity index is 1.85. The maximum Gasteiger partial charge on any atom is 0.339 e. The summed E-state index contributed by atoms with van der Waals surface area (Å²) in [4.78, 5) is 11.1. The van der Waals surface area contributed by atoms with Crippen LogP contribution in [0.3, 0.4) is 0 Å². The van der Waals surface area contributed by atoms with Crippen molar-refractivity contribution in [3.63, 3.8) is 0 Å². The SMILES string of the molecule is O=[N+]1CCOC1COc1ccccc1. The highest BCUT2D eigenvalue weighted by molar-refractivity contribution is 5.20. The second-order valence-corrected chi connectivity index (χ2v) is 3.09. The molecule has 1 aliphatic rings. The van der Waals surface area contributed by atoms with Gasteiger partial charge in [0.15, 0.2) is 6.61 Å². The van der Waals surface area contributed by atoms with Crippen LogP contribution in [0.5, 0.6) is 5.75 Å². The van der Waals surface area contributed by atoms with E-state index in [4.69, 9.17) is 9.47 Å². The molecule has 0 bridgehead atoms. The predicted molar refractivity (Wildman–Crippen MR) is 50.2 cm³/mol. The first kappa shape index (κ1) is 9.15. The lowest BCUT2D eigenvalue weighted by atomic mass is 10.3. The zero-order valence-corrected chi connectivity index (χ0v) is 7.76. The van der Waals surface area contributed by atoms with Gasteiger partial charge in [0.2, 0.25) is 6.54 Å². The molecular weight excluding hydrogens is 182 g/mol. The molecule has 0 aromatic heterocycles. The first-order valence-corrected chi connectivity index (χ1v) is 4.59. The van der Waals surface area contributed by atoms with Crippen LogP contribution >= 0.6 is 0 Å². The molecule has 1 aromatic rings. The standard InChI is InChI=1S/C10H12NO3/c12-11-6-7-13-10(11)8-14-9-4-2-1-3-5-9/h1-5,10H,6-8H2/q+1. The van der Waals surface area contributed by atoms with E-state index in [9.17, 15) is 4.91 Å². The minimum absolute atomic E-state index is 0.285. The summed E-state index contributed by atoms with van der Waals surface area (Å²) in [5.41, 5.74) is 0. The summed E-state index contributed by atoms with van der Waals surface area (Å²) in [6.07, 6.45) is -0.449. The van der Waals surface area contributed by atoms with E-state index in [1.165, 1.54) is 0 Å². The predicted octanol–water partition coefficient (Wildman–Crippen LogP) is 1.20. The number of para-hydroxylation sites is 1. The van der Waals surface area contributed by atoms with Crippen molar-refractivity contribution in [1.29, 1.82) is 0 Å². The molecule has 14 heavy (non-hydrogen) atoms. The van der Waals surface area contributed by atoms with Crippen molar-refractivity contribution < 1.29 is 14.2 Å². The van der Waals surface area contributed by atoms with Crippen LogP contribution < -0.4 is 4.74 Å². The summed E-state index contributed by atoms with van der Waals surface area (Å²) >= 11 is 0.